The molecule has 9 N–H and O–H groups in total. The van der Waals surface area contributed by atoms with E-state index in [1.807, 2.05) is 0 Å². The lowest BCUT2D eigenvalue weighted by Crippen LogP contribution is -2.58. The third-order valence-corrected chi connectivity index (χ3v) is 4.39. The van der Waals surface area contributed by atoms with E-state index in [1.165, 1.54) is 0 Å². The highest BCUT2D eigenvalue weighted by atomic mass is 16.4. The number of hydrogen-bond acceptors (Lipinski definition) is 7. The number of nitrogens with two attached hydrogens (primary N) is 2. The van der Waals surface area contributed by atoms with Crippen molar-refractivity contribution < 1.29 is 39.0 Å². The summed E-state index contributed by atoms with van der Waals surface area (Å²) in [6.07, 6.45) is -1.36. The molecule has 182 valence electrons. The van der Waals surface area contributed by atoms with E-state index in [9.17, 15) is 28.8 Å². The van der Waals surface area contributed by atoms with Crippen LogP contribution in [0.1, 0.15) is 47.0 Å². The van der Waals surface area contributed by atoms with Gasteiger partial charge in [-0.2, -0.15) is 0 Å². The highest BCUT2D eigenvalue weighted by Gasteiger charge is 2.32. The molecule has 0 aliphatic rings. The summed E-state index contributed by atoms with van der Waals surface area (Å²) >= 11 is 0. The van der Waals surface area contributed by atoms with E-state index in [0.29, 0.717) is 0 Å². The summed E-state index contributed by atoms with van der Waals surface area (Å²) in [5, 5.41) is 25.0. The second kappa shape index (κ2) is 13.2. The normalized spacial score (nSPS) is 14.7. The minimum absolute atomic E-state index is 0.0692. The number of carboxylic acid groups (broad SMARTS) is 2. The molecular weight excluding hydrogens is 426 g/mol. The summed E-state index contributed by atoms with van der Waals surface area (Å²) in [5.74, 6) is -6.83. The van der Waals surface area contributed by atoms with Gasteiger partial charge in [-0.25, -0.2) is 4.79 Å². The van der Waals surface area contributed by atoms with Gasteiger partial charge < -0.3 is 37.6 Å². The molecule has 0 aliphatic carbocycles. The fourth-order valence-electron chi connectivity index (χ4n) is 2.60. The van der Waals surface area contributed by atoms with Crippen molar-refractivity contribution in [1.29, 1.82) is 0 Å². The van der Waals surface area contributed by atoms with Crippen molar-refractivity contribution in [3.63, 3.8) is 0 Å². The Balaban J connectivity index is 5.56. The number of carboxylic acids is 2. The molecule has 4 atom stereocenters. The molecule has 0 radical (unpaired) electrons. The molecule has 0 bridgehead atoms. The maximum absolute atomic E-state index is 12.7. The number of amides is 4. The van der Waals surface area contributed by atoms with Crippen LogP contribution >= 0.6 is 0 Å². The maximum Gasteiger partial charge on any atom is 0.326 e. The van der Waals surface area contributed by atoms with Crippen molar-refractivity contribution >= 4 is 35.6 Å². The lowest BCUT2D eigenvalue weighted by Gasteiger charge is -2.25. The zero-order chi connectivity index (χ0) is 25.2. The van der Waals surface area contributed by atoms with Gasteiger partial charge in [-0.15, -0.1) is 0 Å². The van der Waals surface area contributed by atoms with Crippen molar-refractivity contribution in [3.8, 4) is 0 Å². The number of carbonyl (C=O) groups excluding carboxylic acids is 4. The molecule has 0 rings (SSSR count). The zero-order valence-electron chi connectivity index (χ0n) is 18.6. The van der Waals surface area contributed by atoms with E-state index < -0.39 is 72.6 Å². The Labute approximate surface area is 185 Å². The van der Waals surface area contributed by atoms with Crippen LogP contribution in [-0.2, 0) is 28.8 Å². The Bertz CT molecular complexity index is 725. The van der Waals surface area contributed by atoms with Crippen molar-refractivity contribution in [2.24, 2.45) is 23.3 Å². The SMILES string of the molecule is CC(C)CC(NC(=O)C(CC(=O)O)NC(=O)C(N)C(C)C)C(=O)NC(CC(N)=O)C(=O)O. The number of hydrogen-bond donors (Lipinski definition) is 7. The molecule has 13 heteroatoms. The predicted octanol–water partition coefficient (Wildman–Crippen LogP) is -2.10. The van der Waals surface area contributed by atoms with E-state index in [-0.39, 0.29) is 18.3 Å². The molecular formula is C19H33N5O8. The Morgan fingerprint density at radius 2 is 1.22 bits per heavy atom. The van der Waals surface area contributed by atoms with Crippen LogP contribution in [0.15, 0.2) is 0 Å². The highest BCUT2D eigenvalue weighted by Crippen LogP contribution is 2.08. The van der Waals surface area contributed by atoms with Crippen LogP contribution in [0, 0.1) is 11.8 Å². The van der Waals surface area contributed by atoms with Crippen LogP contribution in [0.2, 0.25) is 0 Å². The van der Waals surface area contributed by atoms with Crippen LogP contribution in [0.25, 0.3) is 0 Å². The van der Waals surface area contributed by atoms with Gasteiger partial charge in [0.15, 0.2) is 0 Å². The van der Waals surface area contributed by atoms with E-state index in [2.05, 4.69) is 16.0 Å². The van der Waals surface area contributed by atoms with Gasteiger partial charge in [0.25, 0.3) is 0 Å². The summed E-state index contributed by atoms with van der Waals surface area (Å²) in [6.45, 7) is 6.82. The highest BCUT2D eigenvalue weighted by molar-refractivity contribution is 5.96. The minimum Gasteiger partial charge on any atom is -0.481 e. The summed E-state index contributed by atoms with van der Waals surface area (Å²) in [5.41, 5.74) is 10.7. The maximum atomic E-state index is 12.7. The van der Waals surface area contributed by atoms with E-state index in [0.717, 1.165) is 0 Å². The largest absolute Gasteiger partial charge is 0.481 e. The molecule has 0 aromatic carbocycles. The average Bonchev–Trinajstić information content (AvgIpc) is 2.64. The summed E-state index contributed by atoms with van der Waals surface area (Å²) in [7, 11) is 0. The fourth-order valence-corrected chi connectivity index (χ4v) is 2.60. The van der Waals surface area contributed by atoms with Crippen LogP contribution < -0.4 is 27.4 Å². The first kappa shape index (κ1) is 28.8. The van der Waals surface area contributed by atoms with Crippen LogP contribution in [0.4, 0.5) is 0 Å². The first-order chi connectivity index (χ1) is 14.6. The third kappa shape index (κ3) is 10.7. The lowest BCUT2D eigenvalue weighted by atomic mass is 10.0. The lowest BCUT2D eigenvalue weighted by molar-refractivity contribution is -0.144. The van der Waals surface area contributed by atoms with Gasteiger partial charge in [-0.05, 0) is 18.3 Å². The standard InChI is InChI=1S/C19H33N5O8/c1-8(2)5-10(16(28)24-12(19(31)32)6-13(20)25)22-17(29)11(7-14(26)27)23-18(30)15(21)9(3)4/h8-12,15H,5-7,21H2,1-4H3,(H2,20,25)(H,22,29)(H,23,30)(H,24,28)(H,26,27)(H,31,32). The van der Waals surface area contributed by atoms with Gasteiger partial charge in [0.2, 0.25) is 23.6 Å². The molecule has 13 nitrogen and oxygen atoms in total. The minimum atomic E-state index is -1.61. The predicted molar refractivity (Wildman–Crippen MR) is 112 cm³/mol. The Morgan fingerprint density at radius 1 is 0.750 bits per heavy atom. The first-order valence-electron chi connectivity index (χ1n) is 10.0. The van der Waals surface area contributed by atoms with E-state index >= 15 is 0 Å². The number of rotatable bonds is 14. The van der Waals surface area contributed by atoms with Crippen molar-refractivity contribution in [2.45, 2.75) is 71.1 Å². The molecule has 0 saturated carbocycles. The fraction of sp³-hybridized carbons (Fsp3) is 0.684. The van der Waals surface area contributed by atoms with Crippen molar-refractivity contribution in [2.75, 3.05) is 0 Å². The summed E-state index contributed by atoms with van der Waals surface area (Å²) < 4.78 is 0. The quantitative estimate of drug-likeness (QED) is 0.151. The van der Waals surface area contributed by atoms with Crippen molar-refractivity contribution in [1.82, 2.24) is 16.0 Å². The summed E-state index contributed by atoms with van der Waals surface area (Å²) in [4.78, 5) is 71.0. The number of primary amides is 1. The number of nitrogens with one attached hydrogen (secondary N) is 3. The van der Waals surface area contributed by atoms with E-state index in [4.69, 9.17) is 21.7 Å². The smallest absolute Gasteiger partial charge is 0.326 e. The molecule has 0 aromatic rings. The Hall–Kier alpha value is -3.22. The Kier molecular flexibility index (Phi) is 11.9. The van der Waals surface area contributed by atoms with E-state index in [1.54, 1.807) is 27.7 Å². The Morgan fingerprint density at radius 3 is 1.62 bits per heavy atom. The van der Waals surface area contributed by atoms with Crippen molar-refractivity contribution in [3.05, 3.63) is 0 Å². The monoisotopic (exact) mass is 459 g/mol. The summed E-state index contributed by atoms with van der Waals surface area (Å²) in [6, 6.07) is -5.37. The van der Waals surface area contributed by atoms with Crippen LogP contribution in [0.5, 0.6) is 0 Å². The third-order valence-electron chi connectivity index (χ3n) is 4.39. The molecule has 32 heavy (non-hydrogen) atoms. The molecule has 0 fully saturated rings. The van der Waals surface area contributed by atoms with Gasteiger partial charge in [-0.3, -0.25) is 24.0 Å². The molecule has 0 aromatic heterocycles. The molecule has 4 amide bonds. The van der Waals surface area contributed by atoms with Crippen LogP contribution in [0.3, 0.4) is 0 Å². The molecule has 0 saturated heterocycles. The zero-order valence-corrected chi connectivity index (χ0v) is 18.6. The van der Waals surface area contributed by atoms with Gasteiger partial charge >= 0.3 is 11.9 Å². The van der Waals surface area contributed by atoms with Gasteiger partial charge in [-0.1, -0.05) is 27.7 Å². The second-order valence-corrected chi connectivity index (χ2v) is 8.19. The number of aliphatic carboxylic acids is 2. The van der Waals surface area contributed by atoms with Gasteiger partial charge in [0.1, 0.15) is 18.1 Å². The average molecular weight is 460 g/mol. The molecule has 4 unspecified atom stereocenters. The van der Waals surface area contributed by atoms with Crippen LogP contribution in [-0.4, -0.2) is 69.9 Å². The molecule has 0 heterocycles. The van der Waals surface area contributed by atoms with Gasteiger partial charge in [0.05, 0.1) is 18.9 Å². The molecule has 0 aliphatic heterocycles. The topological polar surface area (TPSA) is 231 Å². The first-order valence-corrected chi connectivity index (χ1v) is 10.0. The number of carbonyl (C=O) groups is 6. The van der Waals surface area contributed by atoms with Gasteiger partial charge in [0, 0.05) is 0 Å². The second-order valence-electron chi connectivity index (χ2n) is 8.19. The molecule has 0 spiro atoms.